The van der Waals surface area contributed by atoms with Crippen LogP contribution in [0.5, 0.6) is 0 Å². The molecule has 0 bridgehead atoms. The highest BCUT2D eigenvalue weighted by molar-refractivity contribution is 5.88. The first-order valence-electron chi connectivity index (χ1n) is 7.19. The van der Waals surface area contributed by atoms with E-state index in [9.17, 15) is 22.8 Å². The van der Waals surface area contributed by atoms with E-state index in [2.05, 4.69) is 20.8 Å². The van der Waals surface area contributed by atoms with Gasteiger partial charge in [0.15, 0.2) is 11.5 Å². The maximum absolute atomic E-state index is 12.4. The van der Waals surface area contributed by atoms with Gasteiger partial charge in [-0.1, -0.05) is 0 Å². The van der Waals surface area contributed by atoms with Crippen LogP contribution in [0.25, 0.3) is 0 Å². The van der Waals surface area contributed by atoms with E-state index in [4.69, 9.17) is 0 Å². The Morgan fingerprint density at radius 3 is 2.33 bits per heavy atom. The predicted octanol–water partition coefficient (Wildman–Crippen LogP) is 0.391. The summed E-state index contributed by atoms with van der Waals surface area (Å²) in [6.07, 6.45) is -4.57. The zero-order valence-electron chi connectivity index (χ0n) is 12.9. The van der Waals surface area contributed by atoms with Crippen LogP contribution in [0, 0.1) is 0 Å². The Morgan fingerprint density at radius 1 is 1.17 bits per heavy atom. The minimum atomic E-state index is -4.57. The highest BCUT2D eigenvalue weighted by Crippen LogP contribution is 2.27. The maximum Gasteiger partial charge on any atom is 0.435 e. The first-order valence-corrected chi connectivity index (χ1v) is 7.19. The number of urea groups is 1. The second-order valence-corrected chi connectivity index (χ2v) is 5.17. The van der Waals surface area contributed by atoms with Gasteiger partial charge in [-0.3, -0.25) is 15.0 Å². The van der Waals surface area contributed by atoms with E-state index in [1.54, 1.807) is 7.05 Å². The third-order valence-electron chi connectivity index (χ3n) is 3.50. The number of aromatic nitrogens is 2. The Kier molecular flexibility index (Phi) is 5.54. The second kappa shape index (κ2) is 7.43. The van der Waals surface area contributed by atoms with Gasteiger partial charge in [-0.2, -0.15) is 13.2 Å². The van der Waals surface area contributed by atoms with Crippen LogP contribution in [0.2, 0.25) is 0 Å². The number of piperazine rings is 1. The summed E-state index contributed by atoms with van der Waals surface area (Å²) in [5, 5.41) is 11.3. The van der Waals surface area contributed by atoms with Crippen molar-refractivity contribution in [3.8, 4) is 0 Å². The molecule has 0 aromatic carbocycles. The maximum atomic E-state index is 12.4. The second-order valence-electron chi connectivity index (χ2n) is 5.17. The number of amides is 3. The number of halogens is 3. The smallest absolute Gasteiger partial charge is 0.358 e. The number of carbonyl (C=O) groups is 2. The zero-order chi connectivity index (χ0) is 17.7. The van der Waals surface area contributed by atoms with Crippen molar-refractivity contribution in [2.75, 3.05) is 45.1 Å². The molecular formula is C13H17F3N6O2. The topological polar surface area (TPSA) is 90.5 Å². The number of alkyl halides is 3. The van der Waals surface area contributed by atoms with Crippen molar-refractivity contribution in [1.29, 1.82) is 0 Å². The number of nitrogens with zero attached hydrogens (tertiary/aromatic N) is 4. The molecule has 2 heterocycles. The molecule has 0 saturated carbocycles. The number of anilines is 1. The van der Waals surface area contributed by atoms with Gasteiger partial charge in [0.25, 0.3) is 0 Å². The lowest BCUT2D eigenvalue weighted by molar-refractivity contribution is -0.141. The molecule has 0 atom stereocenters. The van der Waals surface area contributed by atoms with Crippen molar-refractivity contribution in [3.63, 3.8) is 0 Å². The predicted molar refractivity (Wildman–Crippen MR) is 78.1 cm³/mol. The summed E-state index contributed by atoms with van der Waals surface area (Å²) in [7, 11) is 1.55. The summed E-state index contributed by atoms with van der Waals surface area (Å²) in [5.74, 6) is -0.159. The molecule has 0 radical (unpaired) electrons. The van der Waals surface area contributed by atoms with Gasteiger partial charge >= 0.3 is 12.2 Å². The Morgan fingerprint density at radius 2 is 1.83 bits per heavy atom. The number of likely N-dealkylation sites (N-methyl/N-ethyl adjacent to an activating group) is 1. The molecule has 3 amide bonds. The van der Waals surface area contributed by atoms with Gasteiger partial charge in [0.2, 0.25) is 5.91 Å². The molecule has 0 unspecified atom stereocenters. The molecule has 24 heavy (non-hydrogen) atoms. The summed E-state index contributed by atoms with van der Waals surface area (Å²) in [6.45, 7) is 2.11. The molecule has 1 aromatic heterocycles. The van der Waals surface area contributed by atoms with Gasteiger partial charge in [0.1, 0.15) is 0 Å². The van der Waals surface area contributed by atoms with E-state index in [1.807, 2.05) is 4.90 Å². The van der Waals surface area contributed by atoms with Crippen molar-refractivity contribution in [2.24, 2.45) is 0 Å². The van der Waals surface area contributed by atoms with Crippen molar-refractivity contribution in [1.82, 2.24) is 25.3 Å². The molecule has 1 fully saturated rings. The van der Waals surface area contributed by atoms with E-state index in [-0.39, 0.29) is 18.3 Å². The standard InChI is InChI=1S/C13H17F3N6O2/c1-17-11(23)8-21-4-6-22(7-5-21)12(24)18-10-3-2-9(19-20-10)13(14,15)16/h2-3H,4-8H2,1H3,(H,17,23)(H,18,20,24). The van der Waals surface area contributed by atoms with Crippen molar-refractivity contribution in [3.05, 3.63) is 17.8 Å². The fraction of sp³-hybridized carbons (Fsp3) is 0.538. The van der Waals surface area contributed by atoms with Gasteiger partial charge < -0.3 is 10.2 Å². The van der Waals surface area contributed by atoms with Crippen LogP contribution in [0.3, 0.4) is 0 Å². The highest BCUT2D eigenvalue weighted by atomic mass is 19.4. The molecule has 1 aliphatic heterocycles. The molecule has 0 spiro atoms. The largest absolute Gasteiger partial charge is 0.435 e. The van der Waals surface area contributed by atoms with E-state index in [0.29, 0.717) is 26.2 Å². The normalized spacial score (nSPS) is 15.9. The van der Waals surface area contributed by atoms with Crippen molar-refractivity contribution >= 4 is 17.8 Å². The van der Waals surface area contributed by atoms with Gasteiger partial charge in [-0.15, -0.1) is 10.2 Å². The number of rotatable bonds is 3. The first kappa shape index (κ1) is 17.9. The summed E-state index contributed by atoms with van der Waals surface area (Å²) in [5.41, 5.74) is -1.12. The van der Waals surface area contributed by atoms with Crippen LogP contribution < -0.4 is 10.6 Å². The Bertz CT molecular complexity index is 584. The van der Waals surface area contributed by atoms with Gasteiger partial charge in [-0.05, 0) is 12.1 Å². The molecule has 1 aliphatic rings. The third kappa shape index (κ3) is 4.78. The van der Waals surface area contributed by atoms with E-state index < -0.39 is 17.9 Å². The minimum Gasteiger partial charge on any atom is -0.358 e. The fourth-order valence-corrected chi connectivity index (χ4v) is 2.13. The van der Waals surface area contributed by atoms with Crippen molar-refractivity contribution < 1.29 is 22.8 Å². The van der Waals surface area contributed by atoms with Crippen molar-refractivity contribution in [2.45, 2.75) is 6.18 Å². The molecule has 132 valence electrons. The highest BCUT2D eigenvalue weighted by Gasteiger charge is 2.33. The van der Waals surface area contributed by atoms with Crippen LogP contribution in [0.1, 0.15) is 5.69 Å². The number of carbonyl (C=O) groups excluding carboxylic acids is 2. The Hall–Kier alpha value is -2.43. The number of hydrogen-bond acceptors (Lipinski definition) is 5. The molecular weight excluding hydrogens is 329 g/mol. The average Bonchev–Trinajstić information content (AvgIpc) is 2.55. The van der Waals surface area contributed by atoms with Crippen LogP contribution >= 0.6 is 0 Å². The van der Waals surface area contributed by atoms with Gasteiger partial charge in [-0.25, -0.2) is 4.79 Å². The summed E-state index contributed by atoms with van der Waals surface area (Å²) >= 11 is 0. The zero-order valence-corrected chi connectivity index (χ0v) is 12.9. The Labute approximate surface area is 136 Å². The van der Waals surface area contributed by atoms with Crippen LogP contribution in [0.15, 0.2) is 12.1 Å². The van der Waals surface area contributed by atoms with Crippen LogP contribution in [-0.2, 0) is 11.0 Å². The molecule has 8 nitrogen and oxygen atoms in total. The Balaban J connectivity index is 1.84. The number of nitrogens with one attached hydrogen (secondary N) is 2. The molecule has 1 aromatic rings. The summed E-state index contributed by atoms with van der Waals surface area (Å²) < 4.78 is 37.2. The average molecular weight is 346 g/mol. The first-order chi connectivity index (χ1) is 11.3. The monoisotopic (exact) mass is 346 g/mol. The summed E-state index contributed by atoms with van der Waals surface area (Å²) in [4.78, 5) is 26.8. The lowest BCUT2D eigenvalue weighted by Crippen LogP contribution is -2.51. The van der Waals surface area contributed by atoms with E-state index >= 15 is 0 Å². The lowest BCUT2D eigenvalue weighted by atomic mass is 10.3. The third-order valence-corrected chi connectivity index (χ3v) is 3.50. The molecule has 0 aliphatic carbocycles. The lowest BCUT2D eigenvalue weighted by Gasteiger charge is -2.34. The van der Waals surface area contributed by atoms with Gasteiger partial charge in [0.05, 0.1) is 6.54 Å². The van der Waals surface area contributed by atoms with Crippen LogP contribution in [-0.4, -0.2) is 71.7 Å². The molecule has 2 rings (SSSR count). The minimum absolute atomic E-state index is 0.0548. The number of hydrogen-bond donors (Lipinski definition) is 2. The molecule has 2 N–H and O–H groups in total. The SMILES string of the molecule is CNC(=O)CN1CCN(C(=O)Nc2ccc(C(F)(F)F)nn2)CC1. The van der Waals surface area contributed by atoms with E-state index in [1.165, 1.54) is 4.90 Å². The fourth-order valence-electron chi connectivity index (χ4n) is 2.13. The molecule has 1 saturated heterocycles. The van der Waals surface area contributed by atoms with E-state index in [0.717, 1.165) is 12.1 Å². The summed E-state index contributed by atoms with van der Waals surface area (Å²) in [6, 6.07) is 1.34. The van der Waals surface area contributed by atoms with Crippen LogP contribution in [0.4, 0.5) is 23.8 Å². The molecule has 11 heteroatoms. The van der Waals surface area contributed by atoms with Gasteiger partial charge in [0, 0.05) is 33.2 Å². The quantitative estimate of drug-likeness (QED) is 0.826.